The van der Waals surface area contributed by atoms with Crippen LogP contribution in [0.5, 0.6) is 0 Å². The summed E-state index contributed by atoms with van der Waals surface area (Å²) in [5.41, 5.74) is 2.84. The van der Waals surface area contributed by atoms with Gasteiger partial charge in [-0.15, -0.1) is 10.2 Å². The molecule has 0 atom stereocenters. The summed E-state index contributed by atoms with van der Waals surface area (Å²) in [6, 6.07) is 18.1. The van der Waals surface area contributed by atoms with Crippen molar-refractivity contribution >= 4 is 34.7 Å². The Bertz CT molecular complexity index is 851. The van der Waals surface area contributed by atoms with Gasteiger partial charge in [0.05, 0.1) is 0 Å². The minimum atomic E-state index is -0.303. The molecule has 3 rings (SSSR count). The lowest BCUT2D eigenvalue weighted by Gasteiger charge is -2.09. The molecule has 0 unspecified atom stereocenters. The Morgan fingerprint density at radius 2 is 1.79 bits per heavy atom. The van der Waals surface area contributed by atoms with E-state index in [4.69, 9.17) is 11.6 Å². The molecule has 24 heavy (non-hydrogen) atoms. The molecule has 120 valence electrons. The largest absolute Gasteiger partial charge is 0.339 e. The molecule has 0 saturated heterocycles. The van der Waals surface area contributed by atoms with E-state index in [1.54, 1.807) is 18.2 Å². The second-order valence-electron chi connectivity index (χ2n) is 5.21. The van der Waals surface area contributed by atoms with Gasteiger partial charge in [0.25, 0.3) is 5.91 Å². The van der Waals surface area contributed by atoms with Gasteiger partial charge in [-0.05, 0) is 55.0 Å². The van der Waals surface area contributed by atoms with Crippen molar-refractivity contribution in [1.82, 2.24) is 10.2 Å². The lowest BCUT2D eigenvalue weighted by atomic mass is 10.2. The van der Waals surface area contributed by atoms with Crippen LogP contribution in [0.1, 0.15) is 16.1 Å². The maximum atomic E-state index is 12.1. The third-order valence-corrected chi connectivity index (χ3v) is 3.62. The quantitative estimate of drug-likeness (QED) is 0.738. The predicted molar refractivity (Wildman–Crippen MR) is 95.9 cm³/mol. The molecule has 3 aromatic rings. The average molecular weight is 339 g/mol. The van der Waals surface area contributed by atoms with Crippen molar-refractivity contribution in [3.63, 3.8) is 0 Å². The van der Waals surface area contributed by atoms with Gasteiger partial charge in [0, 0.05) is 16.4 Å². The van der Waals surface area contributed by atoms with Gasteiger partial charge in [0.1, 0.15) is 0 Å². The van der Waals surface area contributed by atoms with E-state index in [0.717, 1.165) is 11.3 Å². The van der Waals surface area contributed by atoms with Crippen LogP contribution in [-0.2, 0) is 0 Å². The Hall–Kier alpha value is -2.92. The van der Waals surface area contributed by atoms with Gasteiger partial charge in [-0.2, -0.15) is 0 Å². The van der Waals surface area contributed by atoms with Crippen LogP contribution < -0.4 is 10.6 Å². The van der Waals surface area contributed by atoms with E-state index in [0.29, 0.717) is 16.5 Å². The number of aryl methyl sites for hydroxylation is 1. The molecule has 2 N–H and O–H groups in total. The number of carbonyl (C=O) groups is 1. The number of para-hydroxylation sites is 1. The number of amides is 1. The highest BCUT2D eigenvalue weighted by Gasteiger charge is 2.09. The molecule has 0 aliphatic rings. The fourth-order valence-electron chi connectivity index (χ4n) is 2.14. The molecule has 1 heterocycles. The molecule has 0 bridgehead atoms. The van der Waals surface area contributed by atoms with Gasteiger partial charge in [0.15, 0.2) is 11.5 Å². The number of carbonyl (C=O) groups excluding carboxylic acids is 1. The van der Waals surface area contributed by atoms with E-state index < -0.39 is 0 Å². The predicted octanol–water partition coefficient (Wildman–Crippen LogP) is 4.43. The van der Waals surface area contributed by atoms with Crippen LogP contribution in [-0.4, -0.2) is 16.1 Å². The molecule has 0 aliphatic heterocycles. The monoisotopic (exact) mass is 338 g/mol. The topological polar surface area (TPSA) is 66.9 Å². The summed E-state index contributed by atoms with van der Waals surface area (Å²) < 4.78 is 0. The second kappa shape index (κ2) is 7.10. The zero-order valence-corrected chi connectivity index (χ0v) is 13.7. The van der Waals surface area contributed by atoms with Crippen molar-refractivity contribution in [2.45, 2.75) is 6.92 Å². The zero-order valence-electron chi connectivity index (χ0n) is 13.0. The van der Waals surface area contributed by atoms with E-state index in [1.807, 2.05) is 49.4 Å². The summed E-state index contributed by atoms with van der Waals surface area (Å²) in [5, 5.41) is 14.6. The summed E-state index contributed by atoms with van der Waals surface area (Å²) in [6.07, 6.45) is 0. The third-order valence-electron chi connectivity index (χ3n) is 3.38. The molecule has 0 radical (unpaired) electrons. The molecule has 2 aromatic carbocycles. The van der Waals surface area contributed by atoms with Crippen LogP contribution >= 0.6 is 11.6 Å². The number of rotatable bonds is 4. The molecule has 0 spiro atoms. The lowest BCUT2D eigenvalue weighted by Crippen LogP contribution is -2.14. The van der Waals surface area contributed by atoms with Gasteiger partial charge < -0.3 is 10.6 Å². The number of anilines is 3. The number of benzene rings is 2. The van der Waals surface area contributed by atoms with E-state index in [-0.39, 0.29) is 11.6 Å². The number of hydrogen-bond donors (Lipinski definition) is 2. The Labute approximate surface area is 144 Å². The first-order valence-corrected chi connectivity index (χ1v) is 7.73. The SMILES string of the molecule is Cc1cc(Cl)ccc1Nc1ccc(C(=O)Nc2ccccc2)nn1. The van der Waals surface area contributed by atoms with E-state index >= 15 is 0 Å². The summed E-state index contributed by atoms with van der Waals surface area (Å²) in [4.78, 5) is 12.1. The third kappa shape index (κ3) is 3.88. The van der Waals surface area contributed by atoms with Crippen LogP contribution in [0, 0.1) is 6.92 Å². The van der Waals surface area contributed by atoms with Gasteiger partial charge >= 0.3 is 0 Å². The molecule has 1 aromatic heterocycles. The number of hydrogen-bond acceptors (Lipinski definition) is 4. The van der Waals surface area contributed by atoms with Crippen molar-refractivity contribution in [1.29, 1.82) is 0 Å². The smallest absolute Gasteiger partial charge is 0.276 e. The van der Waals surface area contributed by atoms with E-state index in [1.165, 1.54) is 0 Å². The van der Waals surface area contributed by atoms with Crippen LogP contribution in [0.2, 0.25) is 5.02 Å². The maximum Gasteiger partial charge on any atom is 0.276 e. The van der Waals surface area contributed by atoms with Crippen molar-refractivity contribution in [2.24, 2.45) is 0 Å². The van der Waals surface area contributed by atoms with Crippen molar-refractivity contribution < 1.29 is 4.79 Å². The minimum Gasteiger partial charge on any atom is -0.339 e. The van der Waals surface area contributed by atoms with Gasteiger partial charge in [-0.3, -0.25) is 4.79 Å². The van der Waals surface area contributed by atoms with Gasteiger partial charge in [0.2, 0.25) is 0 Å². The standard InChI is InChI=1S/C18H15ClN4O/c1-12-11-13(19)7-8-15(12)21-17-10-9-16(22-23-17)18(24)20-14-5-3-2-4-6-14/h2-11H,1H3,(H,20,24)(H,21,23). The lowest BCUT2D eigenvalue weighted by molar-refractivity contribution is 0.102. The van der Waals surface area contributed by atoms with Crippen LogP contribution in [0.25, 0.3) is 0 Å². The Kier molecular flexibility index (Phi) is 4.72. The highest BCUT2D eigenvalue weighted by molar-refractivity contribution is 6.30. The molecule has 0 aliphatic carbocycles. The highest BCUT2D eigenvalue weighted by Crippen LogP contribution is 2.22. The Morgan fingerprint density at radius 3 is 2.46 bits per heavy atom. The second-order valence-corrected chi connectivity index (χ2v) is 5.64. The summed E-state index contributed by atoms with van der Waals surface area (Å²) in [7, 11) is 0. The Morgan fingerprint density at radius 1 is 1.00 bits per heavy atom. The number of nitrogens with zero attached hydrogens (tertiary/aromatic N) is 2. The summed E-state index contributed by atoms with van der Waals surface area (Å²) in [5.74, 6) is 0.250. The van der Waals surface area contributed by atoms with E-state index in [2.05, 4.69) is 20.8 Å². The molecule has 0 saturated carbocycles. The first kappa shape index (κ1) is 16.0. The fraction of sp³-hybridized carbons (Fsp3) is 0.0556. The highest BCUT2D eigenvalue weighted by atomic mass is 35.5. The van der Waals surface area contributed by atoms with Crippen LogP contribution in [0.15, 0.2) is 60.7 Å². The number of halogens is 1. The summed E-state index contributed by atoms with van der Waals surface area (Å²) >= 11 is 5.94. The first-order valence-electron chi connectivity index (χ1n) is 7.35. The minimum absolute atomic E-state index is 0.247. The van der Waals surface area contributed by atoms with Gasteiger partial charge in [-0.1, -0.05) is 29.8 Å². The first-order chi connectivity index (χ1) is 11.6. The molecular formula is C18H15ClN4O. The zero-order chi connectivity index (χ0) is 16.9. The Balaban J connectivity index is 1.70. The van der Waals surface area contributed by atoms with E-state index in [9.17, 15) is 4.79 Å². The maximum absolute atomic E-state index is 12.1. The van der Waals surface area contributed by atoms with Crippen molar-refractivity contribution in [3.8, 4) is 0 Å². The van der Waals surface area contributed by atoms with Crippen LogP contribution in [0.4, 0.5) is 17.2 Å². The van der Waals surface area contributed by atoms with Gasteiger partial charge in [-0.25, -0.2) is 0 Å². The number of aromatic nitrogens is 2. The normalized spacial score (nSPS) is 10.2. The van der Waals surface area contributed by atoms with Crippen LogP contribution in [0.3, 0.4) is 0 Å². The van der Waals surface area contributed by atoms with Crippen molar-refractivity contribution in [2.75, 3.05) is 10.6 Å². The molecule has 6 heteroatoms. The molecule has 1 amide bonds. The summed E-state index contributed by atoms with van der Waals surface area (Å²) in [6.45, 7) is 1.95. The number of nitrogens with one attached hydrogen (secondary N) is 2. The average Bonchev–Trinajstić information content (AvgIpc) is 2.59. The molecular weight excluding hydrogens is 324 g/mol. The fourth-order valence-corrected chi connectivity index (χ4v) is 2.37. The van der Waals surface area contributed by atoms with Crippen molar-refractivity contribution in [3.05, 3.63) is 76.9 Å². The molecule has 5 nitrogen and oxygen atoms in total. The molecule has 0 fully saturated rings.